The van der Waals surface area contributed by atoms with Gasteiger partial charge in [0.15, 0.2) is 17.3 Å². The van der Waals surface area contributed by atoms with Gasteiger partial charge in [-0.3, -0.25) is 0 Å². The van der Waals surface area contributed by atoms with Gasteiger partial charge in [0.05, 0.1) is 7.11 Å². The van der Waals surface area contributed by atoms with E-state index in [2.05, 4.69) is 15.4 Å². The number of nitrogen functional groups attached to an aromatic ring is 1. The molecule has 0 saturated carbocycles. The molecule has 0 bridgehead atoms. The van der Waals surface area contributed by atoms with Crippen LogP contribution in [0.5, 0.6) is 11.5 Å². The Bertz CT molecular complexity index is 602. The van der Waals surface area contributed by atoms with E-state index in [4.69, 9.17) is 15.3 Å². The minimum absolute atomic E-state index is 0.246. The van der Waals surface area contributed by atoms with E-state index < -0.39 is 0 Å². The summed E-state index contributed by atoms with van der Waals surface area (Å²) < 4.78 is 11.0. The largest absolute Gasteiger partial charge is 0.493 e. The monoisotopic (exact) mass is 274 g/mol. The summed E-state index contributed by atoms with van der Waals surface area (Å²) in [5.41, 5.74) is 4.43. The van der Waals surface area contributed by atoms with Crippen molar-refractivity contribution in [3.05, 3.63) is 41.3 Å². The Balaban J connectivity index is 2.14. The summed E-state index contributed by atoms with van der Waals surface area (Å²) in [4.78, 5) is 8.52. The highest BCUT2D eigenvalue weighted by Crippen LogP contribution is 2.28. The Morgan fingerprint density at radius 1 is 1.15 bits per heavy atom. The standard InChI is InChI=1S/C14H18N4O2/c1-9-4-5-11(12(6-9)19-3)20-8-14-16-10(2)7-13(17-14)18-15/h4-7H,8,15H2,1-3H3,(H,16,17,18). The number of nitrogens with one attached hydrogen (secondary N) is 1. The van der Waals surface area contributed by atoms with Gasteiger partial charge in [-0.1, -0.05) is 6.07 Å². The van der Waals surface area contributed by atoms with E-state index in [1.165, 1.54) is 0 Å². The van der Waals surface area contributed by atoms with Gasteiger partial charge in [-0.25, -0.2) is 15.8 Å². The number of nitrogens with zero attached hydrogens (tertiary/aromatic N) is 2. The number of hydrogen-bond donors (Lipinski definition) is 2. The average Bonchev–Trinajstić information content (AvgIpc) is 2.45. The molecule has 0 spiro atoms. The number of benzene rings is 1. The van der Waals surface area contributed by atoms with Crippen LogP contribution in [0.25, 0.3) is 0 Å². The molecule has 0 radical (unpaired) electrons. The molecule has 0 aliphatic carbocycles. The zero-order valence-corrected chi connectivity index (χ0v) is 11.8. The third kappa shape index (κ3) is 3.36. The number of rotatable bonds is 5. The second-order valence-electron chi connectivity index (χ2n) is 4.40. The van der Waals surface area contributed by atoms with Crippen molar-refractivity contribution in [2.75, 3.05) is 12.5 Å². The van der Waals surface area contributed by atoms with Crippen LogP contribution in [0, 0.1) is 13.8 Å². The minimum atomic E-state index is 0.246. The van der Waals surface area contributed by atoms with Crippen molar-refractivity contribution >= 4 is 5.82 Å². The van der Waals surface area contributed by atoms with E-state index >= 15 is 0 Å². The van der Waals surface area contributed by atoms with Crippen LogP contribution in [-0.2, 0) is 6.61 Å². The maximum absolute atomic E-state index is 5.70. The Morgan fingerprint density at radius 3 is 2.65 bits per heavy atom. The van der Waals surface area contributed by atoms with Crippen LogP contribution in [0.1, 0.15) is 17.1 Å². The third-order valence-electron chi connectivity index (χ3n) is 2.72. The van der Waals surface area contributed by atoms with Crippen molar-refractivity contribution in [1.82, 2.24) is 9.97 Å². The summed E-state index contributed by atoms with van der Waals surface area (Å²) in [7, 11) is 1.61. The molecule has 20 heavy (non-hydrogen) atoms. The topological polar surface area (TPSA) is 82.3 Å². The highest BCUT2D eigenvalue weighted by Gasteiger charge is 2.07. The molecule has 6 nitrogen and oxygen atoms in total. The summed E-state index contributed by atoms with van der Waals surface area (Å²) in [5.74, 6) is 7.82. The molecule has 0 aliphatic heterocycles. The van der Waals surface area contributed by atoms with Crippen LogP contribution < -0.4 is 20.7 Å². The minimum Gasteiger partial charge on any atom is -0.493 e. The Hall–Kier alpha value is -2.34. The second kappa shape index (κ2) is 6.21. The Labute approximate surface area is 117 Å². The highest BCUT2D eigenvalue weighted by molar-refractivity contribution is 5.42. The molecule has 106 valence electrons. The zero-order chi connectivity index (χ0) is 14.5. The van der Waals surface area contributed by atoms with Gasteiger partial charge in [0.2, 0.25) is 0 Å². The van der Waals surface area contributed by atoms with E-state index in [0.717, 1.165) is 11.3 Å². The molecule has 0 amide bonds. The van der Waals surface area contributed by atoms with Crippen LogP contribution in [0.3, 0.4) is 0 Å². The number of methoxy groups -OCH3 is 1. The van der Waals surface area contributed by atoms with Gasteiger partial charge in [0, 0.05) is 11.8 Å². The van der Waals surface area contributed by atoms with Crippen molar-refractivity contribution in [2.24, 2.45) is 5.84 Å². The quantitative estimate of drug-likeness (QED) is 0.640. The summed E-state index contributed by atoms with van der Waals surface area (Å²) in [6.45, 7) is 4.11. The molecular weight excluding hydrogens is 256 g/mol. The van der Waals surface area contributed by atoms with Crippen molar-refractivity contribution in [3.63, 3.8) is 0 Å². The lowest BCUT2D eigenvalue weighted by Gasteiger charge is -2.11. The van der Waals surface area contributed by atoms with Crippen LogP contribution in [0.2, 0.25) is 0 Å². The molecule has 1 aromatic carbocycles. The fourth-order valence-electron chi connectivity index (χ4n) is 1.80. The molecule has 1 aromatic heterocycles. The van der Waals surface area contributed by atoms with E-state index in [1.807, 2.05) is 32.0 Å². The van der Waals surface area contributed by atoms with Gasteiger partial charge in [-0.05, 0) is 31.5 Å². The van der Waals surface area contributed by atoms with Gasteiger partial charge < -0.3 is 14.9 Å². The van der Waals surface area contributed by atoms with Crippen molar-refractivity contribution in [3.8, 4) is 11.5 Å². The first-order chi connectivity index (χ1) is 9.62. The molecule has 2 aromatic rings. The molecular formula is C14H18N4O2. The molecule has 0 saturated heterocycles. The molecule has 1 heterocycles. The predicted octanol–water partition coefficient (Wildman–Crippen LogP) is 1.97. The van der Waals surface area contributed by atoms with Crippen LogP contribution >= 0.6 is 0 Å². The number of anilines is 1. The second-order valence-corrected chi connectivity index (χ2v) is 4.40. The molecule has 0 atom stereocenters. The van der Waals surface area contributed by atoms with E-state index in [9.17, 15) is 0 Å². The smallest absolute Gasteiger partial charge is 0.168 e. The molecule has 0 fully saturated rings. The first-order valence-electron chi connectivity index (χ1n) is 6.21. The van der Waals surface area contributed by atoms with Gasteiger partial charge in [-0.15, -0.1) is 0 Å². The first kappa shape index (κ1) is 14.1. The summed E-state index contributed by atoms with van der Waals surface area (Å²) in [6.07, 6.45) is 0. The van der Waals surface area contributed by atoms with Crippen molar-refractivity contribution < 1.29 is 9.47 Å². The fourth-order valence-corrected chi connectivity index (χ4v) is 1.80. The lowest BCUT2D eigenvalue weighted by Crippen LogP contribution is -2.12. The molecule has 0 unspecified atom stereocenters. The van der Waals surface area contributed by atoms with Gasteiger partial charge in [0.25, 0.3) is 0 Å². The molecule has 2 rings (SSSR count). The van der Waals surface area contributed by atoms with E-state index in [1.54, 1.807) is 13.2 Å². The normalized spacial score (nSPS) is 10.2. The summed E-state index contributed by atoms with van der Waals surface area (Å²) >= 11 is 0. The van der Waals surface area contributed by atoms with Gasteiger partial charge >= 0.3 is 0 Å². The number of hydrogen-bond acceptors (Lipinski definition) is 6. The maximum atomic E-state index is 5.70. The first-order valence-corrected chi connectivity index (χ1v) is 6.21. The number of nitrogens with two attached hydrogens (primary N) is 1. The predicted molar refractivity (Wildman–Crippen MR) is 76.6 cm³/mol. The Kier molecular flexibility index (Phi) is 4.37. The van der Waals surface area contributed by atoms with Crippen LogP contribution in [0.4, 0.5) is 5.82 Å². The third-order valence-corrected chi connectivity index (χ3v) is 2.72. The maximum Gasteiger partial charge on any atom is 0.168 e. The summed E-state index contributed by atoms with van der Waals surface area (Å²) in [5, 5.41) is 0. The van der Waals surface area contributed by atoms with Gasteiger partial charge in [0.1, 0.15) is 12.4 Å². The zero-order valence-electron chi connectivity index (χ0n) is 11.8. The average molecular weight is 274 g/mol. The van der Waals surface area contributed by atoms with Gasteiger partial charge in [-0.2, -0.15) is 0 Å². The SMILES string of the molecule is COc1cc(C)ccc1OCc1nc(C)cc(NN)n1. The number of ether oxygens (including phenoxy) is 2. The highest BCUT2D eigenvalue weighted by atomic mass is 16.5. The molecule has 6 heteroatoms. The van der Waals surface area contributed by atoms with Crippen molar-refractivity contribution in [2.45, 2.75) is 20.5 Å². The number of aryl methyl sites for hydroxylation is 2. The number of aromatic nitrogens is 2. The van der Waals surface area contributed by atoms with E-state index in [-0.39, 0.29) is 6.61 Å². The van der Waals surface area contributed by atoms with Crippen LogP contribution in [-0.4, -0.2) is 17.1 Å². The molecule has 3 N–H and O–H groups in total. The van der Waals surface area contributed by atoms with E-state index in [0.29, 0.717) is 23.1 Å². The van der Waals surface area contributed by atoms with Crippen LogP contribution in [0.15, 0.2) is 24.3 Å². The molecule has 0 aliphatic rings. The Morgan fingerprint density at radius 2 is 1.95 bits per heavy atom. The number of hydrazine groups is 1. The lowest BCUT2D eigenvalue weighted by molar-refractivity contribution is 0.276. The fraction of sp³-hybridized carbons (Fsp3) is 0.286. The lowest BCUT2D eigenvalue weighted by atomic mass is 10.2. The summed E-state index contributed by atoms with van der Waals surface area (Å²) in [6, 6.07) is 7.50. The van der Waals surface area contributed by atoms with Crippen molar-refractivity contribution in [1.29, 1.82) is 0 Å².